The molecule has 0 saturated carbocycles. The fourth-order valence-corrected chi connectivity index (χ4v) is 9.19. The normalized spacial score (nSPS) is 12.0. The molecule has 12 rings (SSSR count). The molecule has 0 N–H and O–H groups in total. The van der Waals surface area contributed by atoms with Gasteiger partial charge in [0.1, 0.15) is 0 Å². The van der Waals surface area contributed by atoms with Gasteiger partial charge >= 0.3 is 0 Å². The molecule has 3 nitrogen and oxygen atoms in total. The minimum absolute atomic E-state index is 1.16. The van der Waals surface area contributed by atoms with Crippen molar-refractivity contribution in [3.8, 4) is 28.2 Å². The van der Waals surface area contributed by atoms with Crippen molar-refractivity contribution in [2.24, 2.45) is 0 Å². The van der Waals surface area contributed by atoms with Crippen LogP contribution in [0.2, 0.25) is 0 Å². The quantitative estimate of drug-likeness (QED) is 0.174. The summed E-state index contributed by atoms with van der Waals surface area (Å²) in [6.07, 6.45) is 0. The number of aromatic nitrogens is 3. The van der Waals surface area contributed by atoms with Crippen LogP contribution in [0, 0.1) is 0 Å². The monoisotopic (exact) mass is 699 g/mol. The summed E-state index contributed by atoms with van der Waals surface area (Å²) in [6, 6.07) is 73.2. The zero-order valence-corrected chi connectivity index (χ0v) is 29.9. The molecule has 0 radical (unpaired) electrons. The van der Waals surface area contributed by atoms with Crippen molar-refractivity contribution < 1.29 is 0 Å². The fourth-order valence-electron chi connectivity index (χ4n) is 9.19. The van der Waals surface area contributed by atoms with Gasteiger partial charge in [0.05, 0.1) is 38.8 Å². The second kappa shape index (κ2) is 11.6. The van der Waals surface area contributed by atoms with Crippen LogP contribution in [0.3, 0.4) is 0 Å². The molecule has 12 aromatic rings. The van der Waals surface area contributed by atoms with Crippen LogP contribution >= 0.6 is 0 Å². The second-order valence-corrected chi connectivity index (χ2v) is 14.6. The van der Waals surface area contributed by atoms with Crippen LogP contribution in [0.15, 0.2) is 200 Å². The third kappa shape index (κ3) is 4.38. The Balaban J connectivity index is 1.12. The predicted molar refractivity (Wildman–Crippen MR) is 232 cm³/mol. The molecule has 3 aromatic heterocycles. The standard InChI is InChI=1S/C52H33N3/c1-3-16-37(17-4-1)53-47-23-11-9-22-41(47)44-32-52-45(33-51(44)53)43-31-36(26-28-49(43)54(52)38-18-5-2-6-19-38)35-27-29-50-42(30-35)40-21-10-12-24-48(40)55(50)46-25-13-15-34-14-7-8-20-39(34)46/h1-33H. The maximum Gasteiger partial charge on any atom is 0.0548 e. The summed E-state index contributed by atoms with van der Waals surface area (Å²) in [6.45, 7) is 0. The van der Waals surface area contributed by atoms with Gasteiger partial charge in [-0.3, -0.25) is 0 Å². The van der Waals surface area contributed by atoms with Crippen LogP contribution in [0.4, 0.5) is 0 Å². The van der Waals surface area contributed by atoms with Gasteiger partial charge < -0.3 is 13.7 Å². The third-order valence-corrected chi connectivity index (χ3v) is 11.6. The molecule has 0 aliphatic heterocycles. The van der Waals surface area contributed by atoms with Crippen molar-refractivity contribution >= 4 is 76.2 Å². The molecule has 3 heterocycles. The highest BCUT2D eigenvalue weighted by molar-refractivity contribution is 6.20. The van der Waals surface area contributed by atoms with E-state index in [0.717, 1.165) is 11.4 Å². The minimum atomic E-state index is 1.16. The number of fused-ring (bicyclic) bond motifs is 10. The summed E-state index contributed by atoms with van der Waals surface area (Å²) in [5.74, 6) is 0. The van der Waals surface area contributed by atoms with E-state index >= 15 is 0 Å². The Morgan fingerprint density at radius 3 is 1.27 bits per heavy atom. The lowest BCUT2D eigenvalue weighted by Crippen LogP contribution is -1.95. The lowest BCUT2D eigenvalue weighted by Gasteiger charge is -2.12. The van der Waals surface area contributed by atoms with E-state index in [4.69, 9.17) is 0 Å². The van der Waals surface area contributed by atoms with Crippen LogP contribution in [-0.4, -0.2) is 13.7 Å². The molecule has 0 aliphatic rings. The molecule has 3 heteroatoms. The number of nitrogens with zero attached hydrogens (tertiary/aromatic N) is 3. The highest BCUT2D eigenvalue weighted by Gasteiger charge is 2.20. The Bertz CT molecular complexity index is 3470. The highest BCUT2D eigenvalue weighted by Crippen LogP contribution is 2.42. The van der Waals surface area contributed by atoms with Gasteiger partial charge in [0.15, 0.2) is 0 Å². The summed E-state index contributed by atoms with van der Waals surface area (Å²) >= 11 is 0. The van der Waals surface area contributed by atoms with Crippen LogP contribution in [0.1, 0.15) is 0 Å². The molecule has 0 saturated heterocycles. The van der Waals surface area contributed by atoms with E-state index in [2.05, 4.69) is 214 Å². The van der Waals surface area contributed by atoms with Crippen molar-refractivity contribution in [3.63, 3.8) is 0 Å². The Labute approximate surface area is 317 Å². The van der Waals surface area contributed by atoms with Crippen molar-refractivity contribution in [2.75, 3.05) is 0 Å². The Hall–Kier alpha value is -7.36. The lowest BCUT2D eigenvalue weighted by atomic mass is 10.00. The molecule has 0 aliphatic carbocycles. The largest absolute Gasteiger partial charge is 0.309 e. The Kier molecular flexibility index (Phi) is 6.34. The third-order valence-electron chi connectivity index (χ3n) is 11.6. The topological polar surface area (TPSA) is 14.8 Å². The first kappa shape index (κ1) is 30.1. The molecule has 0 spiro atoms. The van der Waals surface area contributed by atoms with E-state index in [-0.39, 0.29) is 0 Å². The number of para-hydroxylation sites is 4. The molecule has 0 unspecified atom stereocenters. The molecule has 55 heavy (non-hydrogen) atoms. The van der Waals surface area contributed by atoms with Gasteiger partial charge in [-0.15, -0.1) is 0 Å². The second-order valence-electron chi connectivity index (χ2n) is 14.6. The highest BCUT2D eigenvalue weighted by atomic mass is 15.0. The van der Waals surface area contributed by atoms with Crippen LogP contribution in [-0.2, 0) is 0 Å². The SMILES string of the molecule is c1ccc(-n2c3ccccc3c3cc4c(cc32)c2cc(-c3ccc5c(c3)c3ccccc3n5-c3cccc5ccccc35)ccc2n4-c2ccccc2)cc1. The molecule has 9 aromatic carbocycles. The van der Waals surface area contributed by atoms with Crippen molar-refractivity contribution in [1.82, 2.24) is 13.7 Å². The average molecular weight is 700 g/mol. The van der Waals surface area contributed by atoms with E-state index < -0.39 is 0 Å². The zero-order valence-electron chi connectivity index (χ0n) is 29.9. The molecule has 0 amide bonds. The first-order valence-corrected chi connectivity index (χ1v) is 18.9. The van der Waals surface area contributed by atoms with Gasteiger partial charge in [-0.25, -0.2) is 0 Å². The maximum atomic E-state index is 2.44. The van der Waals surface area contributed by atoms with Gasteiger partial charge in [-0.1, -0.05) is 121 Å². The minimum Gasteiger partial charge on any atom is -0.309 e. The molecular weight excluding hydrogens is 667 g/mol. The van der Waals surface area contributed by atoms with Gasteiger partial charge in [0, 0.05) is 49.1 Å². The lowest BCUT2D eigenvalue weighted by molar-refractivity contribution is 1.17. The van der Waals surface area contributed by atoms with Crippen molar-refractivity contribution in [3.05, 3.63) is 200 Å². The van der Waals surface area contributed by atoms with E-state index in [0.29, 0.717) is 0 Å². The smallest absolute Gasteiger partial charge is 0.0548 e. The van der Waals surface area contributed by atoms with Gasteiger partial charge in [0.25, 0.3) is 0 Å². The number of hydrogen-bond donors (Lipinski definition) is 0. The van der Waals surface area contributed by atoms with E-state index in [1.54, 1.807) is 0 Å². The molecular formula is C52H33N3. The average Bonchev–Trinajstić information content (AvgIpc) is 3.88. The van der Waals surface area contributed by atoms with Gasteiger partial charge in [0.2, 0.25) is 0 Å². The van der Waals surface area contributed by atoms with Gasteiger partial charge in [-0.2, -0.15) is 0 Å². The molecule has 0 atom stereocenters. The summed E-state index contributed by atoms with van der Waals surface area (Å²) in [7, 11) is 0. The molecule has 0 fully saturated rings. The Morgan fingerprint density at radius 2 is 0.655 bits per heavy atom. The summed E-state index contributed by atoms with van der Waals surface area (Å²) < 4.78 is 7.29. The van der Waals surface area contributed by atoms with E-state index in [9.17, 15) is 0 Å². The van der Waals surface area contributed by atoms with Crippen LogP contribution < -0.4 is 0 Å². The summed E-state index contributed by atoms with van der Waals surface area (Å²) in [4.78, 5) is 0. The van der Waals surface area contributed by atoms with Crippen LogP contribution in [0.25, 0.3) is 104 Å². The summed E-state index contributed by atoms with van der Waals surface area (Å²) in [5.41, 5.74) is 13.2. The summed E-state index contributed by atoms with van der Waals surface area (Å²) in [5, 5.41) is 9.98. The number of benzene rings is 9. The fraction of sp³-hybridized carbons (Fsp3) is 0. The van der Waals surface area contributed by atoms with Gasteiger partial charge in [-0.05, 0) is 95.4 Å². The molecule has 256 valence electrons. The predicted octanol–water partition coefficient (Wildman–Crippen LogP) is 13.8. The maximum absolute atomic E-state index is 2.44. The van der Waals surface area contributed by atoms with Crippen molar-refractivity contribution in [1.29, 1.82) is 0 Å². The van der Waals surface area contributed by atoms with E-state index in [1.165, 1.54) is 93.0 Å². The Morgan fingerprint density at radius 1 is 0.236 bits per heavy atom. The number of hydrogen-bond acceptors (Lipinski definition) is 0. The molecule has 0 bridgehead atoms. The first-order valence-electron chi connectivity index (χ1n) is 18.9. The van der Waals surface area contributed by atoms with E-state index in [1.807, 2.05) is 0 Å². The van der Waals surface area contributed by atoms with Crippen LogP contribution in [0.5, 0.6) is 0 Å². The first-order chi connectivity index (χ1) is 27.3. The number of rotatable bonds is 4. The van der Waals surface area contributed by atoms with Crippen molar-refractivity contribution in [2.45, 2.75) is 0 Å². The zero-order chi connectivity index (χ0) is 36.0.